The lowest BCUT2D eigenvalue weighted by Gasteiger charge is -2.32. The van der Waals surface area contributed by atoms with Crippen LogP contribution < -0.4 is 10.2 Å². The van der Waals surface area contributed by atoms with Crippen molar-refractivity contribution in [3.8, 4) is 0 Å². The fourth-order valence-electron chi connectivity index (χ4n) is 4.28. The van der Waals surface area contributed by atoms with Gasteiger partial charge in [0.2, 0.25) is 0 Å². The molecular formula is C23H26F3N3O2. The number of carbonyl (C=O) groups is 1. The Morgan fingerprint density at radius 3 is 2.52 bits per heavy atom. The largest absolute Gasteiger partial charge is 0.416 e. The van der Waals surface area contributed by atoms with E-state index in [4.69, 9.17) is 4.74 Å². The van der Waals surface area contributed by atoms with Crippen LogP contribution in [0.25, 0.3) is 0 Å². The minimum absolute atomic E-state index is 0.0278. The maximum Gasteiger partial charge on any atom is 0.416 e. The van der Waals surface area contributed by atoms with Gasteiger partial charge in [-0.1, -0.05) is 30.3 Å². The van der Waals surface area contributed by atoms with Gasteiger partial charge in [0.25, 0.3) is 0 Å². The Morgan fingerprint density at radius 2 is 1.81 bits per heavy atom. The number of ether oxygens (including phenoxy) is 1. The second-order valence-electron chi connectivity index (χ2n) is 7.94. The molecule has 5 nitrogen and oxygen atoms in total. The molecule has 4 rings (SSSR count). The van der Waals surface area contributed by atoms with Gasteiger partial charge in [0.1, 0.15) is 0 Å². The molecule has 2 fully saturated rings. The van der Waals surface area contributed by atoms with Crippen LogP contribution in [0.2, 0.25) is 0 Å². The molecule has 1 N–H and O–H groups in total. The minimum Gasteiger partial charge on any atom is -0.378 e. The predicted molar refractivity (Wildman–Crippen MR) is 113 cm³/mol. The van der Waals surface area contributed by atoms with E-state index in [9.17, 15) is 18.0 Å². The molecule has 2 aliphatic rings. The van der Waals surface area contributed by atoms with Gasteiger partial charge in [-0.25, -0.2) is 4.79 Å². The molecular weight excluding hydrogens is 407 g/mol. The second-order valence-corrected chi connectivity index (χ2v) is 7.94. The number of hydrogen-bond acceptors (Lipinski definition) is 3. The number of rotatable bonds is 4. The molecule has 0 spiro atoms. The van der Waals surface area contributed by atoms with Crippen molar-refractivity contribution in [1.29, 1.82) is 0 Å². The standard InChI is InChI=1S/C23H26F3N3O2/c24-23(25,26)18-8-9-21(28-11-13-31-14-12-28)20(16-18)27-22(30)29-10-4-7-19(29)15-17-5-2-1-3-6-17/h1-3,5-6,8-9,16,19H,4,7,10-15H2,(H,27,30)/t19-/m1/s1. The van der Waals surface area contributed by atoms with E-state index in [2.05, 4.69) is 5.32 Å². The number of amides is 2. The number of morpholine rings is 1. The molecule has 0 aromatic heterocycles. The molecule has 166 valence electrons. The quantitative estimate of drug-likeness (QED) is 0.755. The first-order chi connectivity index (χ1) is 14.9. The lowest BCUT2D eigenvalue weighted by molar-refractivity contribution is -0.137. The Kier molecular flexibility index (Phi) is 6.36. The molecule has 1 atom stereocenters. The van der Waals surface area contributed by atoms with E-state index in [0.717, 1.165) is 37.0 Å². The van der Waals surface area contributed by atoms with Crippen LogP contribution in [-0.2, 0) is 17.3 Å². The van der Waals surface area contributed by atoms with Crippen molar-refractivity contribution >= 4 is 17.4 Å². The van der Waals surface area contributed by atoms with E-state index >= 15 is 0 Å². The molecule has 2 aliphatic heterocycles. The lowest BCUT2D eigenvalue weighted by Crippen LogP contribution is -2.41. The number of hydrogen-bond donors (Lipinski definition) is 1. The molecule has 0 aliphatic carbocycles. The highest BCUT2D eigenvalue weighted by molar-refractivity contribution is 5.94. The van der Waals surface area contributed by atoms with Gasteiger partial charge in [-0.05, 0) is 43.0 Å². The van der Waals surface area contributed by atoms with Crippen molar-refractivity contribution in [3.63, 3.8) is 0 Å². The monoisotopic (exact) mass is 433 g/mol. The SMILES string of the molecule is O=C(Nc1cc(C(F)(F)F)ccc1N1CCOCC1)N1CCC[C@@H]1Cc1ccccc1. The molecule has 0 bridgehead atoms. The number of nitrogens with one attached hydrogen (secondary N) is 1. The zero-order chi connectivity index (χ0) is 21.8. The fourth-order valence-corrected chi connectivity index (χ4v) is 4.28. The summed E-state index contributed by atoms with van der Waals surface area (Å²) in [5, 5.41) is 2.78. The number of halogens is 3. The molecule has 2 aromatic carbocycles. The second kappa shape index (κ2) is 9.18. The predicted octanol–water partition coefficient (Wildman–Crippen LogP) is 4.78. The van der Waals surface area contributed by atoms with Crippen LogP contribution in [-0.4, -0.2) is 49.8 Å². The summed E-state index contributed by atoms with van der Waals surface area (Å²) in [5.74, 6) is 0. The van der Waals surface area contributed by atoms with E-state index in [1.165, 1.54) is 6.07 Å². The van der Waals surface area contributed by atoms with Gasteiger partial charge in [-0.2, -0.15) is 13.2 Å². The van der Waals surface area contributed by atoms with Crippen molar-refractivity contribution in [2.45, 2.75) is 31.5 Å². The smallest absolute Gasteiger partial charge is 0.378 e. The molecule has 31 heavy (non-hydrogen) atoms. The van der Waals surface area contributed by atoms with Gasteiger partial charge in [-0.15, -0.1) is 0 Å². The van der Waals surface area contributed by atoms with Crippen molar-refractivity contribution < 1.29 is 22.7 Å². The first-order valence-corrected chi connectivity index (χ1v) is 10.6. The average Bonchev–Trinajstić information content (AvgIpc) is 3.22. The summed E-state index contributed by atoms with van der Waals surface area (Å²) in [4.78, 5) is 16.8. The van der Waals surface area contributed by atoms with Crippen LogP contribution in [0.15, 0.2) is 48.5 Å². The first-order valence-electron chi connectivity index (χ1n) is 10.6. The Morgan fingerprint density at radius 1 is 1.06 bits per heavy atom. The highest BCUT2D eigenvalue weighted by atomic mass is 19.4. The Balaban J connectivity index is 1.55. The number of anilines is 2. The summed E-state index contributed by atoms with van der Waals surface area (Å²) in [5.41, 5.74) is 1.14. The third-order valence-corrected chi connectivity index (χ3v) is 5.87. The van der Waals surface area contributed by atoms with Crippen molar-refractivity contribution in [3.05, 3.63) is 59.7 Å². The molecule has 2 heterocycles. The van der Waals surface area contributed by atoms with Gasteiger partial charge in [0, 0.05) is 25.7 Å². The summed E-state index contributed by atoms with van der Waals surface area (Å²) >= 11 is 0. The van der Waals surface area contributed by atoms with Gasteiger partial charge in [-0.3, -0.25) is 0 Å². The highest BCUT2D eigenvalue weighted by Gasteiger charge is 2.33. The van der Waals surface area contributed by atoms with Crippen LogP contribution in [0.1, 0.15) is 24.0 Å². The summed E-state index contributed by atoms with van der Waals surface area (Å²) < 4.78 is 45.3. The van der Waals surface area contributed by atoms with Crippen LogP contribution in [0.3, 0.4) is 0 Å². The third-order valence-electron chi connectivity index (χ3n) is 5.87. The maximum atomic E-state index is 13.3. The van der Waals surface area contributed by atoms with Crippen molar-refractivity contribution in [2.75, 3.05) is 43.1 Å². The Hall–Kier alpha value is -2.74. The average molecular weight is 433 g/mol. The van der Waals surface area contributed by atoms with Gasteiger partial charge in [0.05, 0.1) is 30.2 Å². The number of alkyl halides is 3. The number of urea groups is 1. The molecule has 2 saturated heterocycles. The number of benzene rings is 2. The van der Waals surface area contributed by atoms with E-state index in [0.29, 0.717) is 38.5 Å². The molecule has 2 amide bonds. The zero-order valence-electron chi connectivity index (χ0n) is 17.2. The highest BCUT2D eigenvalue weighted by Crippen LogP contribution is 2.36. The minimum atomic E-state index is -4.48. The fraction of sp³-hybridized carbons (Fsp3) is 0.435. The van der Waals surface area contributed by atoms with Crippen LogP contribution in [0, 0.1) is 0 Å². The van der Waals surface area contributed by atoms with Gasteiger partial charge < -0.3 is 19.9 Å². The van der Waals surface area contributed by atoms with Crippen molar-refractivity contribution in [1.82, 2.24) is 4.90 Å². The molecule has 8 heteroatoms. The molecule has 0 radical (unpaired) electrons. The number of nitrogens with zero attached hydrogens (tertiary/aromatic N) is 2. The van der Waals surface area contributed by atoms with E-state index < -0.39 is 11.7 Å². The zero-order valence-corrected chi connectivity index (χ0v) is 17.2. The molecule has 0 saturated carbocycles. The Bertz CT molecular complexity index is 899. The number of likely N-dealkylation sites (tertiary alicyclic amines) is 1. The van der Waals surface area contributed by atoms with Crippen molar-refractivity contribution in [2.24, 2.45) is 0 Å². The van der Waals surface area contributed by atoms with Crippen LogP contribution >= 0.6 is 0 Å². The lowest BCUT2D eigenvalue weighted by atomic mass is 10.0. The van der Waals surface area contributed by atoms with E-state index in [1.807, 2.05) is 35.2 Å². The van der Waals surface area contributed by atoms with Gasteiger partial charge >= 0.3 is 12.2 Å². The van der Waals surface area contributed by atoms with E-state index in [1.54, 1.807) is 4.90 Å². The van der Waals surface area contributed by atoms with Crippen LogP contribution in [0.4, 0.5) is 29.3 Å². The molecule has 0 unspecified atom stereocenters. The topological polar surface area (TPSA) is 44.8 Å². The maximum absolute atomic E-state index is 13.3. The first kappa shape index (κ1) is 21.5. The summed E-state index contributed by atoms with van der Waals surface area (Å²) in [7, 11) is 0. The third kappa shape index (κ3) is 5.12. The van der Waals surface area contributed by atoms with E-state index in [-0.39, 0.29) is 17.8 Å². The number of carbonyl (C=O) groups excluding carboxylic acids is 1. The summed E-state index contributed by atoms with van der Waals surface area (Å²) in [6.07, 6.45) is -2.00. The summed E-state index contributed by atoms with van der Waals surface area (Å²) in [6.45, 7) is 2.72. The van der Waals surface area contributed by atoms with Gasteiger partial charge in [0.15, 0.2) is 0 Å². The normalized spacial score (nSPS) is 19.5. The summed E-state index contributed by atoms with van der Waals surface area (Å²) in [6, 6.07) is 13.1. The Labute approximate surface area is 179 Å². The van der Waals surface area contributed by atoms with Crippen LogP contribution in [0.5, 0.6) is 0 Å². The molecule has 2 aromatic rings.